The molecular formula is C29H19F6N3O5. The van der Waals surface area contributed by atoms with Gasteiger partial charge < -0.3 is 19.9 Å². The second-order valence-corrected chi connectivity index (χ2v) is 8.82. The Morgan fingerprint density at radius 2 is 1.51 bits per heavy atom. The molecule has 0 amide bonds. The smallest absolute Gasteiger partial charge is 0.416 e. The Kier molecular flexibility index (Phi) is 8.38. The summed E-state index contributed by atoms with van der Waals surface area (Å²) in [6, 6.07) is 12.3. The Hall–Kier alpha value is -5.45. The Morgan fingerprint density at radius 1 is 0.907 bits per heavy atom. The van der Waals surface area contributed by atoms with Crippen LogP contribution >= 0.6 is 0 Å². The Bertz CT molecular complexity index is 1690. The van der Waals surface area contributed by atoms with E-state index in [1.165, 1.54) is 0 Å². The number of nitrogens with two attached hydrogens (primary N) is 1. The van der Waals surface area contributed by atoms with Crippen LogP contribution in [0.1, 0.15) is 17.0 Å². The van der Waals surface area contributed by atoms with E-state index in [1.54, 1.807) is 30.3 Å². The third-order valence-corrected chi connectivity index (χ3v) is 6.31. The van der Waals surface area contributed by atoms with Crippen molar-refractivity contribution in [1.29, 1.82) is 5.26 Å². The number of halogens is 6. The molecule has 0 saturated carbocycles. The number of allylic oxidation sites excluding steroid dienone is 1. The molecule has 0 aliphatic carbocycles. The minimum atomic E-state index is -5.05. The summed E-state index contributed by atoms with van der Waals surface area (Å²) < 4.78 is 98.1. The van der Waals surface area contributed by atoms with Crippen molar-refractivity contribution >= 4 is 17.6 Å². The number of anilines is 1. The molecule has 3 aromatic rings. The van der Waals surface area contributed by atoms with Gasteiger partial charge >= 0.3 is 18.1 Å². The Labute approximate surface area is 239 Å². The molecule has 0 bridgehead atoms. The van der Waals surface area contributed by atoms with Gasteiger partial charge in [0, 0.05) is 6.07 Å². The van der Waals surface area contributed by atoms with E-state index in [4.69, 9.17) is 19.9 Å². The molecule has 1 unspecified atom stereocenters. The van der Waals surface area contributed by atoms with Crippen molar-refractivity contribution in [2.24, 2.45) is 5.73 Å². The topological polar surface area (TPSA) is 115 Å². The lowest BCUT2D eigenvalue weighted by Gasteiger charge is -2.36. The number of hydrogen-bond acceptors (Lipinski definition) is 8. The van der Waals surface area contributed by atoms with Crippen LogP contribution in [0.5, 0.6) is 11.5 Å². The number of benzene rings is 3. The highest BCUT2D eigenvalue weighted by atomic mass is 19.4. The van der Waals surface area contributed by atoms with Gasteiger partial charge in [-0.1, -0.05) is 30.3 Å². The molecule has 1 aliphatic rings. The van der Waals surface area contributed by atoms with Crippen molar-refractivity contribution in [1.82, 2.24) is 0 Å². The van der Waals surface area contributed by atoms with Gasteiger partial charge in [0.1, 0.15) is 23.1 Å². The molecule has 0 fully saturated rings. The number of nitrogens with zero attached hydrogens (tertiary/aromatic N) is 2. The van der Waals surface area contributed by atoms with E-state index in [0.29, 0.717) is 10.5 Å². The van der Waals surface area contributed by atoms with Gasteiger partial charge in [-0.05, 0) is 29.8 Å². The molecule has 3 aromatic carbocycles. The van der Waals surface area contributed by atoms with Gasteiger partial charge in [-0.25, -0.2) is 22.8 Å². The third-order valence-electron chi connectivity index (χ3n) is 6.31. The number of nitriles is 1. The fourth-order valence-electron chi connectivity index (χ4n) is 4.43. The molecule has 0 saturated heterocycles. The molecule has 2 N–H and O–H groups in total. The van der Waals surface area contributed by atoms with E-state index in [0.717, 1.165) is 32.4 Å². The second-order valence-electron chi connectivity index (χ2n) is 8.82. The van der Waals surface area contributed by atoms with Gasteiger partial charge in [0.15, 0.2) is 17.4 Å². The van der Waals surface area contributed by atoms with Gasteiger partial charge in [-0.2, -0.15) is 18.4 Å². The van der Waals surface area contributed by atoms with Crippen LogP contribution in [0.2, 0.25) is 0 Å². The summed E-state index contributed by atoms with van der Waals surface area (Å²) in [6.45, 7) is 0. The fourth-order valence-corrected chi connectivity index (χ4v) is 4.43. The van der Waals surface area contributed by atoms with Crippen LogP contribution in [0, 0.1) is 28.8 Å². The lowest BCUT2D eigenvalue weighted by atomic mass is 9.81. The standard InChI is InChI=1S/C29H19F6N3O5/c1-41-27(39)23-22(14-6-4-3-5-7-14)17(13-36)26(37)38(24(23)28(40)42-2)21-12-16(8-9-18(21)30)43-25-19(31)10-15(11-20(25)32)29(33,34)35/h3-12,22H,37H2,1-2H3. The Morgan fingerprint density at radius 3 is 2.05 bits per heavy atom. The molecule has 1 atom stereocenters. The molecule has 0 aromatic heterocycles. The highest BCUT2D eigenvalue weighted by Crippen LogP contribution is 2.45. The van der Waals surface area contributed by atoms with Crippen LogP contribution in [0.4, 0.5) is 32.0 Å². The molecule has 4 rings (SSSR count). The van der Waals surface area contributed by atoms with E-state index < -0.39 is 81.3 Å². The Balaban J connectivity index is 1.94. The molecule has 14 heteroatoms. The highest BCUT2D eigenvalue weighted by molar-refractivity contribution is 6.06. The average Bonchev–Trinajstić information content (AvgIpc) is 2.98. The van der Waals surface area contributed by atoms with Crippen molar-refractivity contribution in [3.63, 3.8) is 0 Å². The van der Waals surface area contributed by atoms with Crippen molar-refractivity contribution in [3.8, 4) is 17.6 Å². The fraction of sp³-hybridized carbons (Fsp3) is 0.138. The minimum absolute atomic E-state index is 0.0118. The zero-order chi connectivity index (χ0) is 31.6. The highest BCUT2D eigenvalue weighted by Gasteiger charge is 2.43. The van der Waals surface area contributed by atoms with E-state index in [2.05, 4.69) is 0 Å². The van der Waals surface area contributed by atoms with E-state index in [-0.39, 0.29) is 17.7 Å². The van der Waals surface area contributed by atoms with E-state index in [9.17, 15) is 36.8 Å². The maximum atomic E-state index is 15.4. The molecule has 43 heavy (non-hydrogen) atoms. The minimum Gasteiger partial charge on any atom is -0.466 e. The summed E-state index contributed by atoms with van der Waals surface area (Å²) in [4.78, 5) is 27.0. The first-order valence-corrected chi connectivity index (χ1v) is 12.0. The van der Waals surface area contributed by atoms with Gasteiger partial charge in [-0.15, -0.1) is 0 Å². The van der Waals surface area contributed by atoms with E-state index in [1.807, 2.05) is 6.07 Å². The van der Waals surface area contributed by atoms with Crippen LogP contribution in [0.3, 0.4) is 0 Å². The van der Waals surface area contributed by atoms with Crippen LogP contribution in [-0.2, 0) is 25.2 Å². The molecule has 222 valence electrons. The monoisotopic (exact) mass is 603 g/mol. The lowest BCUT2D eigenvalue weighted by molar-refractivity contribution is -0.139. The van der Waals surface area contributed by atoms with Gasteiger partial charge in [0.2, 0.25) is 0 Å². The number of hydrogen-bond donors (Lipinski definition) is 1. The zero-order valence-corrected chi connectivity index (χ0v) is 22.1. The molecule has 0 radical (unpaired) electrons. The van der Waals surface area contributed by atoms with Crippen molar-refractivity contribution in [3.05, 3.63) is 112 Å². The summed E-state index contributed by atoms with van der Waals surface area (Å²) in [7, 11) is 1.97. The molecule has 1 aliphatic heterocycles. The maximum Gasteiger partial charge on any atom is 0.416 e. The van der Waals surface area contributed by atoms with Crippen molar-refractivity contribution < 1.29 is 50.1 Å². The van der Waals surface area contributed by atoms with E-state index >= 15 is 4.39 Å². The number of rotatable bonds is 6. The second kappa shape index (κ2) is 11.8. The molecule has 0 spiro atoms. The average molecular weight is 603 g/mol. The molecule has 8 nitrogen and oxygen atoms in total. The van der Waals surface area contributed by atoms with Crippen molar-refractivity contribution in [2.75, 3.05) is 19.1 Å². The first-order valence-electron chi connectivity index (χ1n) is 12.0. The lowest BCUT2D eigenvalue weighted by Crippen LogP contribution is -2.41. The number of esters is 2. The van der Waals surface area contributed by atoms with Crippen molar-refractivity contribution in [2.45, 2.75) is 12.1 Å². The summed E-state index contributed by atoms with van der Waals surface area (Å²) in [5.41, 5.74) is 3.00. The van der Waals surface area contributed by atoms with Crippen LogP contribution in [0.25, 0.3) is 0 Å². The number of carbonyl (C=O) groups excluding carboxylic acids is 2. The summed E-state index contributed by atoms with van der Waals surface area (Å²) in [5, 5.41) is 10.1. The van der Waals surface area contributed by atoms with Gasteiger partial charge in [-0.3, -0.25) is 4.90 Å². The number of ether oxygens (including phenoxy) is 3. The normalized spacial score (nSPS) is 15.2. The van der Waals surface area contributed by atoms with Gasteiger partial charge in [0.25, 0.3) is 0 Å². The summed E-state index contributed by atoms with van der Waals surface area (Å²) >= 11 is 0. The first kappa shape index (κ1) is 30.5. The largest absolute Gasteiger partial charge is 0.466 e. The predicted molar refractivity (Wildman–Crippen MR) is 137 cm³/mol. The maximum absolute atomic E-state index is 15.4. The SMILES string of the molecule is COC(=O)C1=C(C(=O)OC)N(c2cc(Oc3c(F)cc(C(F)(F)F)cc3F)ccc2F)C(N)=C(C#N)C1c1ccccc1. The van der Waals surface area contributed by atoms with Crippen LogP contribution in [-0.4, -0.2) is 26.2 Å². The number of methoxy groups -OCH3 is 2. The van der Waals surface area contributed by atoms with Gasteiger partial charge in [0.05, 0.1) is 48.6 Å². The van der Waals surface area contributed by atoms with Crippen LogP contribution < -0.4 is 15.4 Å². The quantitative estimate of drug-likeness (QED) is 0.277. The first-order chi connectivity index (χ1) is 20.3. The number of alkyl halides is 3. The zero-order valence-electron chi connectivity index (χ0n) is 22.1. The summed E-state index contributed by atoms with van der Waals surface area (Å²) in [5.74, 6) is -10.4. The molecule has 1 heterocycles. The molecular weight excluding hydrogens is 584 g/mol. The third kappa shape index (κ3) is 5.69. The summed E-state index contributed by atoms with van der Waals surface area (Å²) in [6.07, 6.45) is -5.05. The predicted octanol–water partition coefficient (Wildman–Crippen LogP) is 5.81. The van der Waals surface area contributed by atoms with Crippen LogP contribution in [0.15, 0.2) is 83.3 Å². The number of carbonyl (C=O) groups is 2.